The quantitative estimate of drug-likeness (QED) is 0.462. The van der Waals surface area contributed by atoms with Crippen LogP contribution < -0.4 is 0 Å². The number of ether oxygens (including phenoxy) is 1. The van der Waals surface area contributed by atoms with Gasteiger partial charge in [0.05, 0.1) is 12.6 Å². The van der Waals surface area contributed by atoms with Gasteiger partial charge >= 0.3 is 6.09 Å². The van der Waals surface area contributed by atoms with E-state index in [9.17, 15) is 9.90 Å². The maximum atomic E-state index is 12.3. The van der Waals surface area contributed by atoms with Crippen molar-refractivity contribution in [3.05, 3.63) is 5.15 Å². The van der Waals surface area contributed by atoms with Crippen molar-refractivity contribution in [3.63, 3.8) is 0 Å². The molecule has 1 aliphatic rings. The molecule has 3 heterocycles. The van der Waals surface area contributed by atoms with Gasteiger partial charge in [-0.2, -0.15) is 0 Å². The van der Waals surface area contributed by atoms with Gasteiger partial charge < -0.3 is 14.7 Å². The Kier molecular flexibility index (Phi) is 5.78. The molecule has 0 saturated carbocycles. The van der Waals surface area contributed by atoms with Crippen molar-refractivity contribution in [1.82, 2.24) is 29.9 Å². The molecule has 148 valence electrons. The summed E-state index contributed by atoms with van der Waals surface area (Å²) in [4.78, 5) is 22.5. The molecule has 27 heavy (non-hydrogen) atoms. The molecule has 1 fully saturated rings. The summed E-state index contributed by atoms with van der Waals surface area (Å²) in [5.41, 5.74) is 0.218. The Morgan fingerprint density at radius 1 is 1.37 bits per heavy atom. The highest BCUT2D eigenvalue weighted by atomic mass is 35.5. The molecule has 1 N–H and O–H groups in total. The number of aliphatic hydroxyl groups excluding tert-OH is 1. The SMILES string of the molecule is CCCSc1nc(Cl)c2nnn([C@@H]3CN(C(=O)OC(C)(C)C)C[C@H]3O)c2n1. The first kappa shape index (κ1) is 20.1. The van der Waals surface area contributed by atoms with Gasteiger partial charge in [-0.25, -0.2) is 19.4 Å². The summed E-state index contributed by atoms with van der Waals surface area (Å²) in [7, 11) is 0. The van der Waals surface area contributed by atoms with E-state index in [-0.39, 0.29) is 18.2 Å². The minimum Gasteiger partial charge on any atom is -0.444 e. The number of amides is 1. The average molecular weight is 415 g/mol. The first-order valence-electron chi connectivity index (χ1n) is 8.77. The molecule has 2 aromatic rings. The molecule has 0 spiro atoms. The third-order valence-electron chi connectivity index (χ3n) is 3.92. The van der Waals surface area contributed by atoms with E-state index in [1.54, 1.807) is 20.8 Å². The molecule has 0 bridgehead atoms. The zero-order chi connectivity index (χ0) is 19.8. The van der Waals surface area contributed by atoms with Crippen LogP contribution in [0.25, 0.3) is 11.2 Å². The van der Waals surface area contributed by atoms with E-state index >= 15 is 0 Å². The molecule has 2 aromatic heterocycles. The summed E-state index contributed by atoms with van der Waals surface area (Å²) in [6.45, 7) is 7.86. The average Bonchev–Trinajstić information content (AvgIpc) is 3.15. The van der Waals surface area contributed by atoms with Gasteiger partial charge in [0.15, 0.2) is 21.5 Å². The zero-order valence-corrected chi connectivity index (χ0v) is 17.3. The summed E-state index contributed by atoms with van der Waals surface area (Å²) >= 11 is 7.72. The summed E-state index contributed by atoms with van der Waals surface area (Å²) in [5.74, 6) is 0.863. The minimum atomic E-state index is -0.817. The molecule has 3 rings (SSSR count). The van der Waals surface area contributed by atoms with Crippen LogP contribution in [0.15, 0.2) is 5.16 Å². The summed E-state index contributed by atoms with van der Waals surface area (Å²) in [5, 5.41) is 19.4. The van der Waals surface area contributed by atoms with Gasteiger partial charge in [0.25, 0.3) is 0 Å². The van der Waals surface area contributed by atoms with Crippen LogP contribution in [0, 0.1) is 0 Å². The van der Waals surface area contributed by atoms with Crippen molar-refractivity contribution in [2.24, 2.45) is 0 Å². The first-order chi connectivity index (χ1) is 12.7. The van der Waals surface area contributed by atoms with Crippen LogP contribution in [0.2, 0.25) is 5.15 Å². The molecule has 11 heteroatoms. The maximum Gasteiger partial charge on any atom is 0.410 e. The second kappa shape index (κ2) is 7.76. The molecule has 1 amide bonds. The Labute approximate surface area is 166 Å². The van der Waals surface area contributed by atoms with E-state index in [2.05, 4.69) is 27.2 Å². The molecule has 0 aliphatic carbocycles. The maximum absolute atomic E-state index is 12.3. The van der Waals surface area contributed by atoms with Crippen molar-refractivity contribution < 1.29 is 14.6 Å². The number of aromatic nitrogens is 5. The van der Waals surface area contributed by atoms with Crippen molar-refractivity contribution in [2.45, 2.75) is 57.0 Å². The van der Waals surface area contributed by atoms with E-state index in [0.29, 0.717) is 16.3 Å². The Morgan fingerprint density at radius 3 is 2.78 bits per heavy atom. The fourth-order valence-corrected chi connectivity index (χ4v) is 3.69. The monoisotopic (exact) mass is 414 g/mol. The fraction of sp³-hybridized carbons (Fsp3) is 0.688. The number of carbonyl (C=O) groups is 1. The van der Waals surface area contributed by atoms with E-state index in [1.165, 1.54) is 21.3 Å². The van der Waals surface area contributed by atoms with Crippen LogP contribution in [-0.2, 0) is 4.74 Å². The Morgan fingerprint density at radius 2 is 2.11 bits per heavy atom. The number of carbonyl (C=O) groups excluding carboxylic acids is 1. The zero-order valence-electron chi connectivity index (χ0n) is 15.7. The second-order valence-electron chi connectivity index (χ2n) is 7.37. The Balaban J connectivity index is 1.86. The predicted molar refractivity (Wildman–Crippen MR) is 102 cm³/mol. The van der Waals surface area contributed by atoms with Gasteiger partial charge in [-0.1, -0.05) is 35.5 Å². The molecule has 0 aromatic carbocycles. The fourth-order valence-electron chi connectivity index (χ4n) is 2.75. The van der Waals surface area contributed by atoms with Gasteiger partial charge in [-0.3, -0.25) is 0 Å². The highest BCUT2D eigenvalue weighted by molar-refractivity contribution is 7.99. The van der Waals surface area contributed by atoms with Gasteiger partial charge in [-0.15, -0.1) is 5.10 Å². The lowest BCUT2D eigenvalue weighted by molar-refractivity contribution is 0.0270. The lowest BCUT2D eigenvalue weighted by Crippen LogP contribution is -2.36. The molecule has 0 unspecified atom stereocenters. The van der Waals surface area contributed by atoms with Crippen molar-refractivity contribution in [1.29, 1.82) is 0 Å². The smallest absolute Gasteiger partial charge is 0.410 e. The summed E-state index contributed by atoms with van der Waals surface area (Å²) in [6.07, 6.45) is -0.309. The molecule has 0 radical (unpaired) electrons. The highest BCUT2D eigenvalue weighted by Gasteiger charge is 2.39. The molecular formula is C16H23ClN6O3S. The van der Waals surface area contributed by atoms with Crippen LogP contribution in [-0.4, -0.2) is 71.6 Å². The number of nitrogens with zero attached hydrogens (tertiary/aromatic N) is 6. The number of likely N-dealkylation sites (tertiary alicyclic amines) is 1. The predicted octanol–water partition coefficient (Wildman–Crippen LogP) is 2.53. The van der Waals surface area contributed by atoms with Crippen LogP contribution in [0.1, 0.15) is 40.2 Å². The summed E-state index contributed by atoms with van der Waals surface area (Å²) < 4.78 is 6.91. The summed E-state index contributed by atoms with van der Waals surface area (Å²) in [6, 6.07) is -0.488. The van der Waals surface area contributed by atoms with Crippen LogP contribution in [0.3, 0.4) is 0 Å². The van der Waals surface area contributed by atoms with Gasteiger partial charge in [0, 0.05) is 12.3 Å². The third kappa shape index (κ3) is 4.44. The third-order valence-corrected chi connectivity index (χ3v) is 5.24. The first-order valence-corrected chi connectivity index (χ1v) is 10.1. The normalized spacial score (nSPS) is 20.4. The van der Waals surface area contributed by atoms with Gasteiger partial charge in [0.1, 0.15) is 11.6 Å². The number of rotatable bonds is 4. The number of aliphatic hydroxyl groups is 1. The molecule has 1 saturated heterocycles. The Hall–Kier alpha value is -1.65. The van der Waals surface area contributed by atoms with Crippen LogP contribution in [0.4, 0.5) is 4.79 Å². The number of fused-ring (bicyclic) bond motifs is 1. The minimum absolute atomic E-state index is 0.150. The van der Waals surface area contributed by atoms with E-state index < -0.39 is 23.8 Å². The topological polar surface area (TPSA) is 106 Å². The highest BCUT2D eigenvalue weighted by Crippen LogP contribution is 2.29. The van der Waals surface area contributed by atoms with Gasteiger partial charge in [-0.05, 0) is 27.2 Å². The molecule has 2 atom stereocenters. The van der Waals surface area contributed by atoms with Crippen molar-refractivity contribution >= 4 is 40.6 Å². The second-order valence-corrected chi connectivity index (χ2v) is 8.79. The van der Waals surface area contributed by atoms with E-state index in [0.717, 1.165) is 12.2 Å². The Bertz CT molecular complexity index is 839. The lowest BCUT2D eigenvalue weighted by atomic mass is 10.2. The lowest BCUT2D eigenvalue weighted by Gasteiger charge is -2.24. The van der Waals surface area contributed by atoms with Crippen molar-refractivity contribution in [3.8, 4) is 0 Å². The number of thioether (sulfide) groups is 1. The van der Waals surface area contributed by atoms with Crippen LogP contribution >= 0.6 is 23.4 Å². The number of halogens is 1. The van der Waals surface area contributed by atoms with E-state index in [1.807, 2.05) is 0 Å². The number of hydrogen-bond acceptors (Lipinski definition) is 8. The van der Waals surface area contributed by atoms with E-state index in [4.69, 9.17) is 16.3 Å². The molecule has 1 aliphatic heterocycles. The van der Waals surface area contributed by atoms with Crippen LogP contribution in [0.5, 0.6) is 0 Å². The van der Waals surface area contributed by atoms with Gasteiger partial charge in [0.2, 0.25) is 0 Å². The standard InChI is InChI=1S/C16H23ClN6O3S/c1-5-6-27-14-18-12(17)11-13(19-14)23(21-20-11)9-7-22(8-10(9)24)15(25)26-16(2,3)4/h9-10,24H,5-8H2,1-4H3/t9-,10-/m1/s1. The van der Waals surface area contributed by atoms with Crippen molar-refractivity contribution in [2.75, 3.05) is 18.8 Å². The molecular weight excluding hydrogens is 392 g/mol. The number of hydrogen-bond donors (Lipinski definition) is 1. The number of β-amino-alcohol motifs (C(OH)–C–C–N with tert-alkyl or cyclic N) is 1. The molecule has 9 nitrogen and oxygen atoms in total. The largest absolute Gasteiger partial charge is 0.444 e.